The van der Waals surface area contributed by atoms with Crippen molar-refractivity contribution in [2.75, 3.05) is 0 Å². The Hall–Kier alpha value is -1.77. The van der Waals surface area contributed by atoms with Crippen LogP contribution in [0, 0.1) is 6.92 Å². The van der Waals surface area contributed by atoms with Crippen LogP contribution in [0.1, 0.15) is 16.1 Å². The van der Waals surface area contributed by atoms with Gasteiger partial charge in [-0.1, -0.05) is 41.4 Å². The predicted octanol–water partition coefficient (Wildman–Crippen LogP) is 5.14. The van der Waals surface area contributed by atoms with E-state index >= 15 is 0 Å². The Morgan fingerprint density at radius 3 is 2.57 bits per heavy atom. The summed E-state index contributed by atoms with van der Waals surface area (Å²) in [7, 11) is 0. The van der Waals surface area contributed by atoms with Crippen LogP contribution in [-0.2, 0) is 6.54 Å². The molecule has 0 aliphatic heterocycles. The smallest absolute Gasteiger partial charge is 0.182 e. The molecule has 0 aliphatic carbocycles. The number of Topliss-reactive ketones (excluding diaryl/α,β-unsaturated/α-hetero) is 1. The summed E-state index contributed by atoms with van der Waals surface area (Å²) in [5.74, 6) is 0.0121. The monoisotopic (exact) mass is 317 g/mol. The molecule has 21 heavy (non-hydrogen) atoms. The molecule has 0 aliphatic rings. The first-order valence-corrected chi connectivity index (χ1v) is 7.35. The lowest BCUT2D eigenvalue weighted by Crippen LogP contribution is -2.11. The summed E-state index contributed by atoms with van der Waals surface area (Å²) in [6, 6.07) is 15.1. The van der Waals surface area contributed by atoms with E-state index in [1.54, 1.807) is 18.2 Å². The van der Waals surface area contributed by atoms with Gasteiger partial charge in [-0.25, -0.2) is 0 Å². The summed E-state index contributed by atoms with van der Waals surface area (Å²) >= 11 is 11.9. The van der Waals surface area contributed by atoms with Crippen LogP contribution in [0.2, 0.25) is 10.0 Å². The van der Waals surface area contributed by atoms with Gasteiger partial charge >= 0.3 is 0 Å². The zero-order valence-corrected chi connectivity index (χ0v) is 12.9. The third-order valence-electron chi connectivity index (χ3n) is 3.56. The van der Waals surface area contributed by atoms with E-state index in [0.29, 0.717) is 15.6 Å². The van der Waals surface area contributed by atoms with Gasteiger partial charge in [0.15, 0.2) is 5.78 Å². The topological polar surface area (TPSA) is 22.0 Å². The largest absolute Gasteiger partial charge is 0.337 e. The van der Waals surface area contributed by atoms with E-state index in [1.165, 1.54) is 0 Å². The second kappa shape index (κ2) is 5.55. The van der Waals surface area contributed by atoms with Crippen LogP contribution in [0.25, 0.3) is 10.9 Å². The van der Waals surface area contributed by atoms with Gasteiger partial charge in [0.2, 0.25) is 0 Å². The van der Waals surface area contributed by atoms with Gasteiger partial charge in [0.25, 0.3) is 0 Å². The van der Waals surface area contributed by atoms with Crippen LogP contribution in [0.15, 0.2) is 48.5 Å². The number of hydrogen-bond donors (Lipinski definition) is 0. The van der Waals surface area contributed by atoms with E-state index in [2.05, 4.69) is 6.07 Å². The molecule has 0 saturated heterocycles. The Labute approximate surface area is 132 Å². The highest BCUT2D eigenvalue weighted by Crippen LogP contribution is 2.24. The summed E-state index contributed by atoms with van der Waals surface area (Å²) in [4.78, 5) is 12.4. The van der Waals surface area contributed by atoms with Crippen LogP contribution in [0.4, 0.5) is 0 Å². The maximum absolute atomic E-state index is 12.4. The second-order valence-electron chi connectivity index (χ2n) is 4.98. The minimum atomic E-state index is 0.0121. The van der Waals surface area contributed by atoms with Gasteiger partial charge < -0.3 is 4.57 Å². The molecule has 0 bridgehead atoms. The number of aryl methyl sites for hydroxylation is 1. The number of carbonyl (C=O) groups is 1. The Balaban J connectivity index is 1.96. The molecule has 106 valence electrons. The Kier molecular flexibility index (Phi) is 3.75. The zero-order valence-electron chi connectivity index (χ0n) is 11.4. The number of nitrogens with zero attached hydrogens (tertiary/aromatic N) is 1. The molecule has 0 spiro atoms. The standard InChI is InChI=1S/C17H13Cl2NO/c1-11-8-12-4-2-3-5-16(12)20(11)10-17(21)13-6-7-14(18)15(19)9-13/h2-9H,10H2,1H3. The average molecular weight is 318 g/mol. The number of ketones is 1. The van der Waals surface area contributed by atoms with Crippen LogP contribution in [0.5, 0.6) is 0 Å². The zero-order chi connectivity index (χ0) is 15.0. The first kappa shape index (κ1) is 14.2. The summed E-state index contributed by atoms with van der Waals surface area (Å²) in [5.41, 5.74) is 2.69. The predicted molar refractivity (Wildman–Crippen MR) is 87.5 cm³/mol. The quantitative estimate of drug-likeness (QED) is 0.613. The van der Waals surface area contributed by atoms with Crippen molar-refractivity contribution in [2.45, 2.75) is 13.5 Å². The molecule has 0 N–H and O–H groups in total. The Morgan fingerprint density at radius 1 is 1.05 bits per heavy atom. The highest BCUT2D eigenvalue weighted by atomic mass is 35.5. The van der Waals surface area contributed by atoms with Crippen molar-refractivity contribution in [3.05, 3.63) is 69.8 Å². The molecule has 0 saturated carbocycles. The van der Waals surface area contributed by atoms with Crippen molar-refractivity contribution >= 4 is 39.9 Å². The number of fused-ring (bicyclic) bond motifs is 1. The lowest BCUT2D eigenvalue weighted by Gasteiger charge is -2.08. The fourth-order valence-electron chi connectivity index (χ4n) is 2.46. The molecule has 1 aromatic heterocycles. The first-order valence-electron chi connectivity index (χ1n) is 6.59. The maximum Gasteiger partial charge on any atom is 0.182 e. The molecule has 2 nitrogen and oxygen atoms in total. The van der Waals surface area contributed by atoms with Crippen molar-refractivity contribution in [3.63, 3.8) is 0 Å². The molecule has 0 amide bonds. The summed E-state index contributed by atoms with van der Waals surface area (Å²) in [6.07, 6.45) is 0. The number of benzene rings is 2. The fourth-order valence-corrected chi connectivity index (χ4v) is 2.76. The highest BCUT2D eigenvalue weighted by molar-refractivity contribution is 6.42. The van der Waals surface area contributed by atoms with E-state index in [4.69, 9.17) is 23.2 Å². The van der Waals surface area contributed by atoms with Gasteiger partial charge in [0.05, 0.1) is 16.6 Å². The first-order chi connectivity index (χ1) is 10.1. The highest BCUT2D eigenvalue weighted by Gasteiger charge is 2.12. The number of carbonyl (C=O) groups excluding carboxylic acids is 1. The number of halogens is 2. The lowest BCUT2D eigenvalue weighted by atomic mass is 10.1. The van der Waals surface area contributed by atoms with E-state index in [-0.39, 0.29) is 12.3 Å². The average Bonchev–Trinajstić information content (AvgIpc) is 2.78. The fraction of sp³-hybridized carbons (Fsp3) is 0.118. The van der Waals surface area contributed by atoms with E-state index in [0.717, 1.165) is 16.6 Å². The van der Waals surface area contributed by atoms with Crippen molar-refractivity contribution in [1.29, 1.82) is 0 Å². The summed E-state index contributed by atoms with van der Waals surface area (Å²) in [6.45, 7) is 2.29. The molecule has 0 fully saturated rings. The molecule has 4 heteroatoms. The van der Waals surface area contributed by atoms with Gasteiger partial charge in [-0.2, -0.15) is 0 Å². The van der Waals surface area contributed by atoms with Gasteiger partial charge in [0.1, 0.15) is 0 Å². The van der Waals surface area contributed by atoms with Gasteiger partial charge in [0, 0.05) is 16.8 Å². The lowest BCUT2D eigenvalue weighted by molar-refractivity contribution is 0.0973. The molecule has 0 atom stereocenters. The summed E-state index contributed by atoms with van der Waals surface area (Å²) in [5, 5.41) is 1.99. The molecule has 0 radical (unpaired) electrons. The molecule has 2 aromatic carbocycles. The van der Waals surface area contributed by atoms with Crippen molar-refractivity contribution < 1.29 is 4.79 Å². The van der Waals surface area contributed by atoms with Crippen LogP contribution in [-0.4, -0.2) is 10.4 Å². The Bertz CT molecular complexity index is 836. The SMILES string of the molecule is Cc1cc2ccccc2n1CC(=O)c1ccc(Cl)c(Cl)c1. The van der Waals surface area contributed by atoms with Gasteiger partial charge in [-0.05, 0) is 42.6 Å². The minimum absolute atomic E-state index is 0.0121. The Morgan fingerprint density at radius 2 is 1.81 bits per heavy atom. The minimum Gasteiger partial charge on any atom is -0.337 e. The number of para-hydroxylation sites is 1. The van der Waals surface area contributed by atoms with Gasteiger partial charge in [-0.15, -0.1) is 0 Å². The van der Waals surface area contributed by atoms with E-state index in [9.17, 15) is 4.79 Å². The third kappa shape index (κ3) is 2.69. The van der Waals surface area contributed by atoms with Gasteiger partial charge in [-0.3, -0.25) is 4.79 Å². The maximum atomic E-state index is 12.4. The number of aromatic nitrogens is 1. The van der Waals surface area contributed by atoms with Crippen LogP contribution in [0.3, 0.4) is 0 Å². The van der Waals surface area contributed by atoms with Crippen LogP contribution < -0.4 is 0 Å². The molecular weight excluding hydrogens is 305 g/mol. The van der Waals surface area contributed by atoms with Crippen molar-refractivity contribution in [1.82, 2.24) is 4.57 Å². The van der Waals surface area contributed by atoms with E-state index < -0.39 is 0 Å². The third-order valence-corrected chi connectivity index (χ3v) is 4.30. The van der Waals surface area contributed by atoms with E-state index in [1.807, 2.05) is 35.8 Å². The number of hydrogen-bond acceptors (Lipinski definition) is 1. The van der Waals surface area contributed by atoms with Crippen molar-refractivity contribution in [2.24, 2.45) is 0 Å². The normalized spacial score (nSPS) is 11.0. The molecule has 0 unspecified atom stereocenters. The van der Waals surface area contributed by atoms with Crippen molar-refractivity contribution in [3.8, 4) is 0 Å². The summed E-state index contributed by atoms with van der Waals surface area (Å²) < 4.78 is 2.01. The molecule has 3 rings (SSSR count). The molecule has 3 aromatic rings. The number of rotatable bonds is 3. The van der Waals surface area contributed by atoms with Crippen LogP contribution >= 0.6 is 23.2 Å². The second-order valence-corrected chi connectivity index (χ2v) is 5.80. The molecule has 1 heterocycles. The molecular formula is C17H13Cl2NO.